The first-order valence-electron chi connectivity index (χ1n) is 8.35. The Morgan fingerprint density at radius 2 is 1.95 bits per heavy atom. The highest BCUT2D eigenvalue weighted by atomic mass is 15.2. The zero-order valence-electron chi connectivity index (χ0n) is 13.2. The Morgan fingerprint density at radius 3 is 2.58 bits per heavy atom. The molecule has 0 bridgehead atoms. The quantitative estimate of drug-likeness (QED) is 0.824. The molecule has 0 radical (unpaired) electrons. The van der Waals surface area contributed by atoms with E-state index in [1.54, 1.807) is 0 Å². The van der Waals surface area contributed by atoms with Crippen LogP contribution in [0.3, 0.4) is 0 Å². The van der Waals surface area contributed by atoms with Crippen molar-refractivity contribution in [3.05, 3.63) is 0 Å². The number of hydrogen-bond donors (Lipinski definition) is 1. The van der Waals surface area contributed by atoms with E-state index >= 15 is 0 Å². The van der Waals surface area contributed by atoms with Gasteiger partial charge in [0, 0.05) is 18.6 Å². The van der Waals surface area contributed by atoms with Gasteiger partial charge in [-0.2, -0.15) is 0 Å². The molecule has 19 heavy (non-hydrogen) atoms. The number of nitrogens with zero attached hydrogens (tertiary/aromatic N) is 2. The maximum atomic E-state index is 3.49. The van der Waals surface area contributed by atoms with E-state index in [4.69, 9.17) is 0 Å². The summed E-state index contributed by atoms with van der Waals surface area (Å²) in [4.78, 5) is 5.34. The smallest absolute Gasteiger partial charge is 0.0122 e. The Balaban J connectivity index is 1.87. The number of piperidine rings is 2. The van der Waals surface area contributed by atoms with Crippen molar-refractivity contribution in [1.29, 1.82) is 0 Å². The standard InChI is InChI=1S/C16H33N3/c1-4-10-19(13-15-5-8-17-9-6-15)16-7-11-18(3)14(2)12-16/h14-17H,4-13H2,1-3H3. The molecule has 2 atom stereocenters. The summed E-state index contributed by atoms with van der Waals surface area (Å²) in [6.07, 6.45) is 6.78. The normalized spacial score (nSPS) is 30.9. The molecule has 0 aromatic carbocycles. The van der Waals surface area contributed by atoms with Crippen molar-refractivity contribution in [3.8, 4) is 0 Å². The number of likely N-dealkylation sites (tertiary alicyclic amines) is 1. The highest BCUT2D eigenvalue weighted by Gasteiger charge is 2.28. The van der Waals surface area contributed by atoms with Crippen LogP contribution in [0.5, 0.6) is 0 Å². The molecule has 2 aliphatic heterocycles. The second-order valence-corrected chi connectivity index (χ2v) is 6.70. The second-order valence-electron chi connectivity index (χ2n) is 6.70. The van der Waals surface area contributed by atoms with E-state index in [9.17, 15) is 0 Å². The molecule has 2 saturated heterocycles. The van der Waals surface area contributed by atoms with Crippen molar-refractivity contribution < 1.29 is 0 Å². The molecule has 112 valence electrons. The molecule has 2 rings (SSSR count). The van der Waals surface area contributed by atoms with Gasteiger partial charge in [0.15, 0.2) is 0 Å². The highest BCUT2D eigenvalue weighted by molar-refractivity contribution is 4.85. The summed E-state index contributed by atoms with van der Waals surface area (Å²) in [5.74, 6) is 0.933. The van der Waals surface area contributed by atoms with Crippen LogP contribution in [0.15, 0.2) is 0 Å². The molecular formula is C16H33N3. The molecule has 3 nitrogen and oxygen atoms in total. The highest BCUT2D eigenvalue weighted by Crippen LogP contribution is 2.23. The summed E-state index contributed by atoms with van der Waals surface area (Å²) >= 11 is 0. The minimum absolute atomic E-state index is 0.756. The van der Waals surface area contributed by atoms with Crippen LogP contribution >= 0.6 is 0 Å². The maximum Gasteiger partial charge on any atom is 0.0122 e. The van der Waals surface area contributed by atoms with Gasteiger partial charge in [-0.25, -0.2) is 0 Å². The van der Waals surface area contributed by atoms with E-state index < -0.39 is 0 Å². The lowest BCUT2D eigenvalue weighted by Gasteiger charge is -2.42. The summed E-state index contributed by atoms with van der Waals surface area (Å²) in [5.41, 5.74) is 0. The lowest BCUT2D eigenvalue weighted by Crippen LogP contribution is -2.49. The van der Waals surface area contributed by atoms with Crippen molar-refractivity contribution in [1.82, 2.24) is 15.1 Å². The van der Waals surface area contributed by atoms with Gasteiger partial charge in [0.25, 0.3) is 0 Å². The van der Waals surface area contributed by atoms with Crippen molar-refractivity contribution in [2.45, 2.75) is 58.0 Å². The van der Waals surface area contributed by atoms with Crippen molar-refractivity contribution in [2.75, 3.05) is 39.8 Å². The molecule has 0 aliphatic carbocycles. The van der Waals surface area contributed by atoms with Crippen LogP contribution in [-0.4, -0.2) is 61.7 Å². The zero-order valence-corrected chi connectivity index (χ0v) is 13.2. The Hall–Kier alpha value is -0.120. The Morgan fingerprint density at radius 1 is 1.21 bits per heavy atom. The molecule has 2 unspecified atom stereocenters. The van der Waals surface area contributed by atoms with E-state index in [1.165, 1.54) is 64.8 Å². The lowest BCUT2D eigenvalue weighted by molar-refractivity contribution is 0.0721. The molecule has 0 aromatic heterocycles. The fourth-order valence-corrected chi connectivity index (χ4v) is 3.70. The first-order chi connectivity index (χ1) is 9.20. The summed E-state index contributed by atoms with van der Waals surface area (Å²) in [7, 11) is 2.28. The zero-order chi connectivity index (χ0) is 13.7. The van der Waals surface area contributed by atoms with Crippen molar-refractivity contribution in [2.24, 2.45) is 5.92 Å². The van der Waals surface area contributed by atoms with Gasteiger partial charge in [-0.1, -0.05) is 6.92 Å². The SMILES string of the molecule is CCCN(CC1CCNCC1)C1CCN(C)C(C)C1. The van der Waals surface area contributed by atoms with Gasteiger partial charge in [0.1, 0.15) is 0 Å². The summed E-state index contributed by atoms with van der Waals surface area (Å²) < 4.78 is 0. The molecular weight excluding hydrogens is 234 g/mol. The third-order valence-corrected chi connectivity index (χ3v) is 5.16. The molecule has 2 fully saturated rings. The summed E-state index contributed by atoms with van der Waals surface area (Å²) in [5, 5.41) is 3.49. The summed E-state index contributed by atoms with van der Waals surface area (Å²) in [6, 6.07) is 1.59. The largest absolute Gasteiger partial charge is 0.317 e. The van der Waals surface area contributed by atoms with Crippen LogP contribution in [-0.2, 0) is 0 Å². The van der Waals surface area contributed by atoms with Gasteiger partial charge in [-0.3, -0.25) is 0 Å². The average molecular weight is 267 g/mol. The molecule has 0 aromatic rings. The third-order valence-electron chi connectivity index (χ3n) is 5.16. The van der Waals surface area contributed by atoms with E-state index in [-0.39, 0.29) is 0 Å². The fraction of sp³-hybridized carbons (Fsp3) is 1.00. The van der Waals surface area contributed by atoms with E-state index in [1.807, 2.05) is 0 Å². The van der Waals surface area contributed by atoms with Crippen LogP contribution < -0.4 is 5.32 Å². The first kappa shape index (κ1) is 15.3. The summed E-state index contributed by atoms with van der Waals surface area (Å²) in [6.45, 7) is 11.1. The van der Waals surface area contributed by atoms with Gasteiger partial charge >= 0.3 is 0 Å². The van der Waals surface area contributed by atoms with Gasteiger partial charge in [0.05, 0.1) is 0 Å². The van der Waals surface area contributed by atoms with Crippen LogP contribution in [0.25, 0.3) is 0 Å². The molecule has 0 spiro atoms. The van der Waals surface area contributed by atoms with Crippen molar-refractivity contribution >= 4 is 0 Å². The molecule has 2 aliphatic rings. The predicted molar refractivity (Wildman–Crippen MR) is 82.6 cm³/mol. The van der Waals surface area contributed by atoms with Gasteiger partial charge in [-0.15, -0.1) is 0 Å². The predicted octanol–water partition coefficient (Wildman–Crippen LogP) is 2.18. The van der Waals surface area contributed by atoms with Crippen LogP contribution in [0.2, 0.25) is 0 Å². The van der Waals surface area contributed by atoms with Gasteiger partial charge in [0.2, 0.25) is 0 Å². The van der Waals surface area contributed by atoms with Crippen molar-refractivity contribution in [3.63, 3.8) is 0 Å². The maximum absolute atomic E-state index is 3.49. The lowest BCUT2D eigenvalue weighted by atomic mass is 9.93. The number of rotatable bonds is 5. The van der Waals surface area contributed by atoms with Crippen LogP contribution in [0.4, 0.5) is 0 Å². The minimum atomic E-state index is 0.756. The fourth-order valence-electron chi connectivity index (χ4n) is 3.70. The Labute approximate surface area is 119 Å². The van der Waals surface area contributed by atoms with Crippen LogP contribution in [0, 0.1) is 5.92 Å². The third kappa shape index (κ3) is 4.44. The molecule has 2 heterocycles. The Kier molecular flexibility index (Phi) is 6.11. The average Bonchev–Trinajstić information content (AvgIpc) is 2.43. The molecule has 1 N–H and O–H groups in total. The molecule has 3 heteroatoms. The monoisotopic (exact) mass is 267 g/mol. The van der Waals surface area contributed by atoms with Crippen LogP contribution in [0.1, 0.15) is 46.0 Å². The minimum Gasteiger partial charge on any atom is -0.317 e. The number of hydrogen-bond acceptors (Lipinski definition) is 3. The number of nitrogens with one attached hydrogen (secondary N) is 1. The van der Waals surface area contributed by atoms with Gasteiger partial charge < -0.3 is 15.1 Å². The van der Waals surface area contributed by atoms with Gasteiger partial charge in [-0.05, 0) is 78.2 Å². The topological polar surface area (TPSA) is 18.5 Å². The second kappa shape index (κ2) is 7.61. The van der Waals surface area contributed by atoms with E-state index in [0.717, 1.165) is 18.0 Å². The Bertz CT molecular complexity index is 250. The van der Waals surface area contributed by atoms with E-state index in [2.05, 4.69) is 36.0 Å². The molecule has 0 saturated carbocycles. The molecule has 0 amide bonds. The first-order valence-corrected chi connectivity index (χ1v) is 8.35. The van der Waals surface area contributed by atoms with E-state index in [0.29, 0.717) is 0 Å².